The molecule has 8 heteroatoms. The molecule has 0 aliphatic rings. The summed E-state index contributed by atoms with van der Waals surface area (Å²) >= 11 is 11.7. The molecule has 1 aromatic heterocycles. The fourth-order valence-electron chi connectivity index (χ4n) is 1.72. The zero-order valence-corrected chi connectivity index (χ0v) is 11.8. The first kappa shape index (κ1) is 15.7. The summed E-state index contributed by atoms with van der Waals surface area (Å²) in [4.78, 5) is 14.1. The maximum Gasteiger partial charge on any atom is 0.417 e. The van der Waals surface area contributed by atoms with Gasteiger partial charge in [-0.3, -0.25) is 4.98 Å². The Hall–Kier alpha value is -1.66. The van der Waals surface area contributed by atoms with Gasteiger partial charge in [0, 0.05) is 16.8 Å². The molecule has 2 rings (SSSR count). The molecule has 0 amide bonds. The van der Waals surface area contributed by atoms with Gasteiger partial charge in [-0.15, -0.1) is 0 Å². The Morgan fingerprint density at radius 2 is 1.86 bits per heavy atom. The van der Waals surface area contributed by atoms with Crippen LogP contribution in [0, 0.1) is 4.91 Å². The third-order valence-corrected chi connectivity index (χ3v) is 3.38. The van der Waals surface area contributed by atoms with Gasteiger partial charge in [-0.05, 0) is 23.8 Å². The van der Waals surface area contributed by atoms with Crippen molar-refractivity contribution in [1.29, 1.82) is 0 Å². The molecule has 0 aliphatic carbocycles. The van der Waals surface area contributed by atoms with E-state index in [1.54, 1.807) is 6.07 Å². The van der Waals surface area contributed by atoms with Gasteiger partial charge in [0.25, 0.3) is 0 Å². The number of aromatic nitrogens is 1. The minimum atomic E-state index is -4.51. The maximum atomic E-state index is 12.6. The number of nitroso groups, excluding NO2 is 1. The van der Waals surface area contributed by atoms with Crippen molar-refractivity contribution >= 4 is 23.2 Å². The van der Waals surface area contributed by atoms with Crippen molar-refractivity contribution < 1.29 is 13.2 Å². The third-order valence-electron chi connectivity index (χ3n) is 2.72. The molecule has 0 fully saturated rings. The number of nitrogens with zero attached hydrogens (tertiary/aromatic N) is 2. The van der Waals surface area contributed by atoms with Crippen LogP contribution in [-0.2, 0) is 12.7 Å². The van der Waals surface area contributed by atoms with E-state index >= 15 is 0 Å². The largest absolute Gasteiger partial charge is 0.417 e. The van der Waals surface area contributed by atoms with Crippen LogP contribution in [0.2, 0.25) is 10.0 Å². The molecule has 1 aromatic carbocycles. The second-order valence-electron chi connectivity index (χ2n) is 4.15. The van der Waals surface area contributed by atoms with E-state index in [0.717, 1.165) is 6.07 Å². The average molecular weight is 335 g/mol. The fraction of sp³-hybridized carbons (Fsp3) is 0.154. The van der Waals surface area contributed by atoms with E-state index in [2.05, 4.69) is 10.2 Å². The van der Waals surface area contributed by atoms with Gasteiger partial charge >= 0.3 is 6.18 Å². The lowest BCUT2D eigenvalue weighted by molar-refractivity contribution is -0.137. The summed E-state index contributed by atoms with van der Waals surface area (Å²) in [6.45, 7) is -0.148. The van der Waals surface area contributed by atoms with E-state index in [1.165, 1.54) is 12.1 Å². The second-order valence-corrected chi connectivity index (χ2v) is 4.96. The second kappa shape index (κ2) is 5.99. The molecule has 21 heavy (non-hydrogen) atoms. The number of pyridine rings is 1. The zero-order chi connectivity index (χ0) is 15.6. The van der Waals surface area contributed by atoms with Gasteiger partial charge in [-0.1, -0.05) is 34.4 Å². The van der Waals surface area contributed by atoms with E-state index in [4.69, 9.17) is 23.2 Å². The summed E-state index contributed by atoms with van der Waals surface area (Å²) in [5, 5.41) is 2.93. The molecular formula is C13H7Cl2F3N2O. The molecular weight excluding hydrogens is 328 g/mol. The first-order valence-corrected chi connectivity index (χ1v) is 6.39. The highest BCUT2D eigenvalue weighted by atomic mass is 35.5. The normalized spacial score (nSPS) is 11.5. The quantitative estimate of drug-likeness (QED) is 0.711. The highest BCUT2D eigenvalue weighted by Crippen LogP contribution is 2.34. The SMILES string of the molecule is O=NCc1cc(-c2ncc(C(F)(F)F)cc2Cl)ccc1Cl. The minimum Gasteiger partial charge on any atom is -0.254 e. The zero-order valence-electron chi connectivity index (χ0n) is 10.3. The van der Waals surface area contributed by atoms with Crippen LogP contribution in [0.5, 0.6) is 0 Å². The number of hydrogen-bond donors (Lipinski definition) is 0. The number of rotatable bonds is 3. The van der Waals surface area contributed by atoms with E-state index in [-0.39, 0.29) is 17.3 Å². The van der Waals surface area contributed by atoms with Gasteiger partial charge < -0.3 is 0 Å². The molecule has 3 nitrogen and oxygen atoms in total. The Balaban J connectivity index is 2.47. The summed E-state index contributed by atoms with van der Waals surface area (Å²) in [6, 6.07) is 5.38. The average Bonchev–Trinajstić information content (AvgIpc) is 2.40. The summed E-state index contributed by atoms with van der Waals surface area (Å²) in [6.07, 6.45) is -3.81. The predicted molar refractivity (Wildman–Crippen MR) is 74.2 cm³/mol. The molecule has 0 aliphatic heterocycles. The number of benzene rings is 1. The highest BCUT2D eigenvalue weighted by Gasteiger charge is 2.31. The lowest BCUT2D eigenvalue weighted by Gasteiger charge is -2.10. The van der Waals surface area contributed by atoms with Gasteiger partial charge in [0.1, 0.15) is 6.54 Å². The van der Waals surface area contributed by atoms with Crippen molar-refractivity contribution in [3.63, 3.8) is 0 Å². The maximum absolute atomic E-state index is 12.6. The van der Waals surface area contributed by atoms with Gasteiger partial charge in [-0.25, -0.2) is 0 Å². The first-order valence-electron chi connectivity index (χ1n) is 5.63. The molecule has 0 unspecified atom stereocenters. The molecule has 0 radical (unpaired) electrons. The van der Waals surface area contributed by atoms with Crippen LogP contribution in [0.4, 0.5) is 13.2 Å². The van der Waals surface area contributed by atoms with Crippen LogP contribution in [0.15, 0.2) is 35.6 Å². The Morgan fingerprint density at radius 1 is 1.14 bits per heavy atom. The molecule has 1 heterocycles. The van der Waals surface area contributed by atoms with Crippen molar-refractivity contribution in [2.24, 2.45) is 5.18 Å². The smallest absolute Gasteiger partial charge is 0.254 e. The minimum absolute atomic E-state index is 0.142. The van der Waals surface area contributed by atoms with Crippen LogP contribution in [-0.4, -0.2) is 4.98 Å². The van der Waals surface area contributed by atoms with Crippen molar-refractivity contribution in [3.8, 4) is 11.3 Å². The van der Waals surface area contributed by atoms with Gasteiger partial charge in [0.15, 0.2) is 0 Å². The number of hydrogen-bond acceptors (Lipinski definition) is 3. The lowest BCUT2D eigenvalue weighted by Crippen LogP contribution is -2.05. The van der Waals surface area contributed by atoms with Gasteiger partial charge in [0.05, 0.1) is 16.3 Å². The van der Waals surface area contributed by atoms with Crippen LogP contribution >= 0.6 is 23.2 Å². The summed E-state index contributed by atoms with van der Waals surface area (Å²) in [5.74, 6) is 0. The van der Waals surface area contributed by atoms with E-state index < -0.39 is 11.7 Å². The van der Waals surface area contributed by atoms with Crippen molar-refractivity contribution in [2.75, 3.05) is 0 Å². The van der Waals surface area contributed by atoms with Crippen molar-refractivity contribution in [1.82, 2.24) is 4.98 Å². The van der Waals surface area contributed by atoms with Crippen molar-refractivity contribution in [3.05, 3.63) is 56.5 Å². The number of alkyl halides is 3. The van der Waals surface area contributed by atoms with Crippen LogP contribution in [0.1, 0.15) is 11.1 Å². The molecule has 0 spiro atoms. The molecule has 0 bridgehead atoms. The third kappa shape index (κ3) is 3.51. The monoisotopic (exact) mass is 334 g/mol. The molecule has 0 atom stereocenters. The lowest BCUT2D eigenvalue weighted by atomic mass is 10.1. The molecule has 0 saturated heterocycles. The fourth-order valence-corrected chi connectivity index (χ4v) is 2.17. The molecule has 0 N–H and O–H groups in total. The van der Waals surface area contributed by atoms with Crippen LogP contribution in [0.3, 0.4) is 0 Å². The van der Waals surface area contributed by atoms with Crippen LogP contribution in [0.25, 0.3) is 11.3 Å². The summed E-state index contributed by atoms with van der Waals surface area (Å²) in [7, 11) is 0. The Labute approximate surface area is 127 Å². The Kier molecular flexibility index (Phi) is 4.49. The van der Waals surface area contributed by atoms with E-state index in [9.17, 15) is 18.1 Å². The van der Waals surface area contributed by atoms with E-state index in [0.29, 0.717) is 22.3 Å². The topological polar surface area (TPSA) is 42.3 Å². The summed E-state index contributed by atoms with van der Waals surface area (Å²) < 4.78 is 37.7. The molecule has 110 valence electrons. The highest BCUT2D eigenvalue weighted by molar-refractivity contribution is 6.33. The van der Waals surface area contributed by atoms with Gasteiger partial charge in [0.2, 0.25) is 0 Å². The summed E-state index contributed by atoms with van der Waals surface area (Å²) in [5.41, 5.74) is 0.146. The number of halogens is 5. The van der Waals surface area contributed by atoms with E-state index in [1.807, 2.05) is 0 Å². The molecule has 2 aromatic rings. The first-order chi connectivity index (χ1) is 9.82. The van der Waals surface area contributed by atoms with Crippen LogP contribution < -0.4 is 0 Å². The molecule has 0 saturated carbocycles. The van der Waals surface area contributed by atoms with Gasteiger partial charge in [-0.2, -0.15) is 18.1 Å². The predicted octanol–water partition coefficient (Wildman–Crippen LogP) is 5.34. The Bertz CT molecular complexity index is 690. The standard InChI is InChI=1S/C13H7Cl2F3N2O/c14-10-2-1-7(3-8(10)5-20-21)12-11(15)4-9(6-19-12)13(16,17)18/h1-4,6H,5H2. The van der Waals surface area contributed by atoms with Crippen molar-refractivity contribution in [2.45, 2.75) is 12.7 Å². The Morgan fingerprint density at radius 3 is 2.43 bits per heavy atom.